The number of ether oxygens (including phenoxy) is 2. The molecular weight excluding hydrogens is 260 g/mol. The first-order valence-corrected chi connectivity index (χ1v) is 6.43. The normalized spacial score (nSPS) is 11.8. The lowest BCUT2D eigenvalue weighted by Crippen LogP contribution is -2.34. The number of methoxy groups -OCH3 is 1. The first-order valence-electron chi connectivity index (χ1n) is 6.43. The van der Waals surface area contributed by atoms with Crippen molar-refractivity contribution in [3.63, 3.8) is 0 Å². The summed E-state index contributed by atoms with van der Waals surface area (Å²) in [5.41, 5.74) is 11.6. The minimum Gasteiger partial charge on any atom is -0.493 e. The van der Waals surface area contributed by atoms with E-state index in [0.29, 0.717) is 30.6 Å². The number of hydrogen-bond donors (Lipinski definition) is 2. The van der Waals surface area contributed by atoms with Gasteiger partial charge in [-0.05, 0) is 37.6 Å². The topological polar surface area (TPSA) is 105 Å². The smallest absolute Gasteiger partial charge is 0.328 e. The molecule has 0 radical (unpaired) electrons. The summed E-state index contributed by atoms with van der Waals surface area (Å²) < 4.78 is 10.3. The van der Waals surface area contributed by atoms with E-state index >= 15 is 0 Å². The van der Waals surface area contributed by atoms with Crippen molar-refractivity contribution in [3.05, 3.63) is 23.8 Å². The molecule has 0 aliphatic rings. The molecule has 0 aromatic heterocycles. The molecule has 0 bridgehead atoms. The van der Waals surface area contributed by atoms with Crippen LogP contribution < -0.4 is 20.9 Å². The van der Waals surface area contributed by atoms with Crippen LogP contribution in [0, 0.1) is 0 Å². The van der Waals surface area contributed by atoms with Gasteiger partial charge < -0.3 is 20.9 Å². The maximum absolute atomic E-state index is 11.8. The Balaban J connectivity index is 2.67. The standard InChI is InChI=1S/C14H20N2O4/c1-19-13-8-10(9-17)5-6-12(13)20-14(18)11(16)4-2-3-7-15/h5-6,8-9,11H,2-4,7,15-16H2,1H3/t11-/m0/s1. The van der Waals surface area contributed by atoms with Gasteiger partial charge in [-0.3, -0.25) is 4.79 Å². The zero-order valence-corrected chi connectivity index (χ0v) is 11.5. The molecule has 6 heteroatoms. The lowest BCUT2D eigenvalue weighted by Gasteiger charge is -2.13. The van der Waals surface area contributed by atoms with E-state index < -0.39 is 12.0 Å². The highest BCUT2D eigenvalue weighted by Crippen LogP contribution is 2.28. The largest absolute Gasteiger partial charge is 0.493 e. The molecule has 0 spiro atoms. The third-order valence-electron chi connectivity index (χ3n) is 2.81. The lowest BCUT2D eigenvalue weighted by molar-refractivity contribution is -0.136. The van der Waals surface area contributed by atoms with Crippen molar-refractivity contribution in [3.8, 4) is 11.5 Å². The fraction of sp³-hybridized carbons (Fsp3) is 0.429. The van der Waals surface area contributed by atoms with Crippen LogP contribution in [0.4, 0.5) is 0 Å². The average Bonchev–Trinajstić information content (AvgIpc) is 2.47. The van der Waals surface area contributed by atoms with Gasteiger partial charge in [0.25, 0.3) is 0 Å². The van der Waals surface area contributed by atoms with Crippen LogP contribution in [0.3, 0.4) is 0 Å². The molecule has 0 saturated carbocycles. The van der Waals surface area contributed by atoms with Gasteiger partial charge in [-0.25, -0.2) is 4.79 Å². The minimum atomic E-state index is -0.697. The van der Waals surface area contributed by atoms with E-state index in [1.54, 1.807) is 0 Å². The van der Waals surface area contributed by atoms with Gasteiger partial charge in [-0.15, -0.1) is 0 Å². The van der Waals surface area contributed by atoms with E-state index in [1.807, 2.05) is 0 Å². The van der Waals surface area contributed by atoms with Crippen molar-refractivity contribution in [2.75, 3.05) is 13.7 Å². The Bertz CT molecular complexity index is 462. The Morgan fingerprint density at radius 3 is 2.70 bits per heavy atom. The Hall–Kier alpha value is -1.92. The van der Waals surface area contributed by atoms with Gasteiger partial charge >= 0.3 is 5.97 Å². The quantitative estimate of drug-likeness (QED) is 0.317. The van der Waals surface area contributed by atoms with Crippen molar-refractivity contribution in [2.45, 2.75) is 25.3 Å². The Labute approximate surface area is 118 Å². The van der Waals surface area contributed by atoms with Crippen molar-refractivity contribution < 1.29 is 19.1 Å². The molecule has 0 saturated heterocycles. The number of benzene rings is 1. The van der Waals surface area contributed by atoms with Gasteiger partial charge in [0.05, 0.1) is 7.11 Å². The SMILES string of the molecule is COc1cc(C=O)ccc1OC(=O)[C@@H](N)CCCCN. The highest BCUT2D eigenvalue weighted by Gasteiger charge is 2.17. The second-order valence-electron chi connectivity index (χ2n) is 4.34. The summed E-state index contributed by atoms with van der Waals surface area (Å²) in [6, 6.07) is 3.85. The average molecular weight is 280 g/mol. The zero-order chi connectivity index (χ0) is 15.0. The molecule has 4 N–H and O–H groups in total. The van der Waals surface area contributed by atoms with Crippen molar-refractivity contribution >= 4 is 12.3 Å². The summed E-state index contributed by atoms with van der Waals surface area (Å²) in [5, 5.41) is 0. The molecule has 0 unspecified atom stereocenters. The molecule has 0 fully saturated rings. The monoisotopic (exact) mass is 280 g/mol. The van der Waals surface area contributed by atoms with Gasteiger partial charge in [0.2, 0.25) is 0 Å². The number of unbranched alkanes of at least 4 members (excludes halogenated alkanes) is 1. The fourth-order valence-electron chi connectivity index (χ4n) is 1.65. The van der Waals surface area contributed by atoms with Gasteiger partial charge in [0.1, 0.15) is 12.3 Å². The zero-order valence-electron chi connectivity index (χ0n) is 11.5. The molecule has 1 aromatic carbocycles. The van der Waals surface area contributed by atoms with E-state index in [9.17, 15) is 9.59 Å². The van der Waals surface area contributed by atoms with Crippen molar-refractivity contribution in [1.82, 2.24) is 0 Å². The third kappa shape index (κ3) is 4.64. The third-order valence-corrected chi connectivity index (χ3v) is 2.81. The Morgan fingerprint density at radius 1 is 1.35 bits per heavy atom. The Kier molecular flexibility index (Phi) is 6.69. The van der Waals surface area contributed by atoms with E-state index in [1.165, 1.54) is 25.3 Å². The van der Waals surface area contributed by atoms with Crippen LogP contribution in [0.25, 0.3) is 0 Å². The van der Waals surface area contributed by atoms with Gasteiger partial charge in [-0.2, -0.15) is 0 Å². The van der Waals surface area contributed by atoms with Gasteiger partial charge in [0.15, 0.2) is 11.5 Å². The predicted octanol–water partition coefficient (Wildman–Crippen LogP) is 0.869. The highest BCUT2D eigenvalue weighted by atomic mass is 16.6. The highest BCUT2D eigenvalue weighted by molar-refractivity contribution is 5.80. The number of aldehydes is 1. The maximum atomic E-state index is 11.8. The number of carbonyl (C=O) groups excluding carboxylic acids is 2. The van der Waals surface area contributed by atoms with Crippen molar-refractivity contribution in [2.24, 2.45) is 11.5 Å². The summed E-state index contributed by atoms with van der Waals surface area (Å²) >= 11 is 0. The van der Waals surface area contributed by atoms with Crippen LogP contribution in [-0.4, -0.2) is 32.0 Å². The van der Waals surface area contributed by atoms with Crippen LogP contribution in [0.5, 0.6) is 11.5 Å². The van der Waals surface area contributed by atoms with Crippen LogP contribution in [0.2, 0.25) is 0 Å². The minimum absolute atomic E-state index is 0.248. The first kappa shape index (κ1) is 16.1. The molecule has 1 aromatic rings. The first-order chi connectivity index (χ1) is 9.62. The van der Waals surface area contributed by atoms with E-state index in [2.05, 4.69) is 0 Å². The number of carbonyl (C=O) groups is 2. The summed E-state index contributed by atoms with van der Waals surface area (Å²) in [6.07, 6.45) is 2.80. The summed E-state index contributed by atoms with van der Waals surface area (Å²) in [7, 11) is 1.43. The van der Waals surface area contributed by atoms with Crippen molar-refractivity contribution in [1.29, 1.82) is 0 Å². The van der Waals surface area contributed by atoms with Crippen LogP contribution in [0.15, 0.2) is 18.2 Å². The molecular formula is C14H20N2O4. The fourth-order valence-corrected chi connectivity index (χ4v) is 1.65. The molecule has 110 valence electrons. The van der Waals surface area contributed by atoms with E-state index in [0.717, 1.165) is 12.8 Å². The van der Waals surface area contributed by atoms with E-state index in [-0.39, 0.29) is 5.75 Å². The molecule has 0 aliphatic carbocycles. The number of nitrogens with two attached hydrogens (primary N) is 2. The van der Waals surface area contributed by atoms with Gasteiger partial charge in [-0.1, -0.05) is 6.42 Å². The van der Waals surface area contributed by atoms with Crippen LogP contribution in [-0.2, 0) is 4.79 Å². The predicted molar refractivity (Wildman–Crippen MR) is 74.9 cm³/mol. The van der Waals surface area contributed by atoms with Crippen LogP contribution in [0.1, 0.15) is 29.6 Å². The number of esters is 1. The Morgan fingerprint density at radius 2 is 2.10 bits per heavy atom. The molecule has 6 nitrogen and oxygen atoms in total. The molecule has 1 atom stereocenters. The molecule has 20 heavy (non-hydrogen) atoms. The van der Waals surface area contributed by atoms with Gasteiger partial charge in [0, 0.05) is 5.56 Å². The molecule has 0 aliphatic heterocycles. The molecule has 0 amide bonds. The summed E-state index contributed by atoms with van der Waals surface area (Å²) in [5.74, 6) is 0.0358. The molecule has 0 heterocycles. The maximum Gasteiger partial charge on any atom is 0.328 e. The lowest BCUT2D eigenvalue weighted by atomic mass is 10.1. The second kappa shape index (κ2) is 8.29. The van der Waals surface area contributed by atoms with Crippen LogP contribution >= 0.6 is 0 Å². The van der Waals surface area contributed by atoms with E-state index in [4.69, 9.17) is 20.9 Å². The number of hydrogen-bond acceptors (Lipinski definition) is 6. The summed E-state index contributed by atoms with van der Waals surface area (Å²) in [4.78, 5) is 22.5. The summed E-state index contributed by atoms with van der Waals surface area (Å²) in [6.45, 7) is 0.572. The number of rotatable bonds is 8. The molecule has 1 rings (SSSR count). The second-order valence-corrected chi connectivity index (χ2v) is 4.34.